The van der Waals surface area contributed by atoms with Crippen LogP contribution in [0, 0.1) is 0 Å². The maximum Gasteiger partial charge on any atom is 0.234 e. The largest absolute Gasteiger partial charge is 0.497 e. The number of nitrogens with one attached hydrogen (secondary N) is 1. The first-order valence-electron chi connectivity index (χ1n) is 8.38. The molecule has 0 bridgehead atoms. The van der Waals surface area contributed by atoms with E-state index in [1.165, 1.54) is 11.8 Å². The summed E-state index contributed by atoms with van der Waals surface area (Å²) in [7, 11) is 3.47. The van der Waals surface area contributed by atoms with Crippen molar-refractivity contribution < 1.29 is 14.3 Å². The van der Waals surface area contributed by atoms with E-state index in [0.717, 1.165) is 15.9 Å². The summed E-state index contributed by atoms with van der Waals surface area (Å²) >= 11 is 4.69. The lowest BCUT2D eigenvalue weighted by atomic mass is 10.3. The first kappa shape index (κ1) is 20.2. The molecule has 0 fully saturated rings. The second-order valence-corrected chi connectivity index (χ2v) is 7.62. The smallest absolute Gasteiger partial charge is 0.234 e. The molecule has 0 aliphatic heterocycles. The van der Waals surface area contributed by atoms with Crippen LogP contribution in [0.3, 0.4) is 0 Å². The molecule has 3 aromatic rings. The molecule has 1 amide bonds. The number of ether oxygens (including phenoxy) is 2. The number of nitrogens with zero attached hydrogens (tertiary/aromatic N) is 3. The molecule has 0 saturated carbocycles. The van der Waals surface area contributed by atoms with E-state index in [4.69, 9.17) is 9.47 Å². The third-order valence-electron chi connectivity index (χ3n) is 3.81. The zero-order chi connectivity index (χ0) is 19.9. The minimum atomic E-state index is -0.105. The molecule has 0 unspecified atom stereocenters. The van der Waals surface area contributed by atoms with Crippen molar-refractivity contribution in [2.75, 3.05) is 18.2 Å². The Kier molecular flexibility index (Phi) is 6.94. The number of halogens is 1. The zero-order valence-corrected chi connectivity index (χ0v) is 17.8. The van der Waals surface area contributed by atoms with Gasteiger partial charge in [0.25, 0.3) is 0 Å². The average molecular weight is 463 g/mol. The van der Waals surface area contributed by atoms with Crippen LogP contribution in [0.25, 0.3) is 0 Å². The minimum Gasteiger partial charge on any atom is -0.497 e. The lowest BCUT2D eigenvalue weighted by molar-refractivity contribution is -0.113. The minimum absolute atomic E-state index is 0.105. The summed E-state index contributed by atoms with van der Waals surface area (Å²) in [6, 6.07) is 14.7. The molecule has 7 nitrogen and oxygen atoms in total. The van der Waals surface area contributed by atoms with Crippen LogP contribution in [-0.2, 0) is 18.4 Å². The molecule has 1 heterocycles. The second-order valence-electron chi connectivity index (χ2n) is 5.77. The van der Waals surface area contributed by atoms with Gasteiger partial charge in [-0.2, -0.15) is 0 Å². The van der Waals surface area contributed by atoms with Crippen molar-refractivity contribution >= 4 is 39.3 Å². The monoisotopic (exact) mass is 462 g/mol. The second kappa shape index (κ2) is 9.61. The predicted octanol–water partition coefficient (Wildman–Crippen LogP) is 3.90. The van der Waals surface area contributed by atoms with E-state index in [0.29, 0.717) is 16.7 Å². The van der Waals surface area contributed by atoms with Gasteiger partial charge in [0.15, 0.2) is 11.0 Å². The molecule has 0 aliphatic rings. The van der Waals surface area contributed by atoms with Gasteiger partial charge in [0.2, 0.25) is 5.91 Å². The van der Waals surface area contributed by atoms with Crippen LogP contribution in [0.1, 0.15) is 5.82 Å². The van der Waals surface area contributed by atoms with Gasteiger partial charge < -0.3 is 19.4 Å². The number of methoxy groups -OCH3 is 1. The third kappa shape index (κ3) is 5.49. The SMILES string of the molecule is COc1ccc(OCc2nnc(SCC(=O)Nc3ccc(Br)cc3)n2C)cc1. The Bertz CT molecular complexity index is 929. The number of amides is 1. The van der Waals surface area contributed by atoms with Gasteiger partial charge in [-0.25, -0.2) is 0 Å². The van der Waals surface area contributed by atoms with Gasteiger partial charge in [0.1, 0.15) is 18.1 Å². The predicted molar refractivity (Wildman–Crippen MR) is 112 cm³/mol. The highest BCUT2D eigenvalue weighted by atomic mass is 79.9. The highest BCUT2D eigenvalue weighted by Crippen LogP contribution is 2.20. The fourth-order valence-electron chi connectivity index (χ4n) is 2.28. The quantitative estimate of drug-likeness (QED) is 0.511. The Balaban J connectivity index is 1.50. The summed E-state index contributed by atoms with van der Waals surface area (Å²) in [5, 5.41) is 11.8. The summed E-state index contributed by atoms with van der Waals surface area (Å²) < 4.78 is 13.6. The molecule has 146 valence electrons. The number of hydrogen-bond acceptors (Lipinski definition) is 6. The van der Waals surface area contributed by atoms with E-state index in [1.807, 2.05) is 60.1 Å². The molecule has 28 heavy (non-hydrogen) atoms. The number of rotatable bonds is 8. The molecule has 0 spiro atoms. The Labute approximate surface area is 175 Å². The van der Waals surface area contributed by atoms with Crippen molar-refractivity contribution in [3.63, 3.8) is 0 Å². The van der Waals surface area contributed by atoms with E-state index in [9.17, 15) is 4.79 Å². The Morgan fingerprint density at radius 3 is 2.46 bits per heavy atom. The van der Waals surface area contributed by atoms with Crippen LogP contribution in [-0.4, -0.2) is 33.5 Å². The molecule has 3 rings (SSSR count). The van der Waals surface area contributed by atoms with Crippen LogP contribution < -0.4 is 14.8 Å². The van der Waals surface area contributed by atoms with Gasteiger partial charge in [0, 0.05) is 17.2 Å². The molecular formula is C19H19BrN4O3S. The van der Waals surface area contributed by atoms with Crippen molar-refractivity contribution in [1.29, 1.82) is 0 Å². The number of benzene rings is 2. The van der Waals surface area contributed by atoms with Gasteiger partial charge in [-0.1, -0.05) is 27.7 Å². The summed E-state index contributed by atoms with van der Waals surface area (Å²) in [5.74, 6) is 2.29. The first-order chi connectivity index (χ1) is 13.5. The van der Waals surface area contributed by atoms with Gasteiger partial charge >= 0.3 is 0 Å². The van der Waals surface area contributed by atoms with Crippen LogP contribution in [0.5, 0.6) is 11.5 Å². The number of aromatic nitrogens is 3. The summed E-state index contributed by atoms with van der Waals surface area (Å²) in [6.45, 7) is 0.279. The van der Waals surface area contributed by atoms with Crippen LogP contribution in [0.15, 0.2) is 58.2 Å². The van der Waals surface area contributed by atoms with Crippen LogP contribution in [0.4, 0.5) is 5.69 Å². The standard InChI is InChI=1S/C19H19BrN4O3S/c1-24-17(11-27-16-9-7-15(26-2)8-10-16)22-23-19(24)28-12-18(25)21-14-5-3-13(20)4-6-14/h3-10H,11-12H2,1-2H3,(H,21,25). The highest BCUT2D eigenvalue weighted by molar-refractivity contribution is 9.10. The highest BCUT2D eigenvalue weighted by Gasteiger charge is 2.12. The summed E-state index contributed by atoms with van der Waals surface area (Å²) in [6.07, 6.45) is 0. The number of hydrogen-bond donors (Lipinski definition) is 1. The number of carbonyl (C=O) groups is 1. The van der Waals surface area contributed by atoms with Crippen LogP contribution >= 0.6 is 27.7 Å². The van der Waals surface area contributed by atoms with Crippen LogP contribution in [0.2, 0.25) is 0 Å². The van der Waals surface area contributed by atoms with Gasteiger partial charge in [-0.15, -0.1) is 10.2 Å². The normalized spacial score (nSPS) is 10.5. The fourth-order valence-corrected chi connectivity index (χ4v) is 3.27. The lowest BCUT2D eigenvalue weighted by Gasteiger charge is -2.07. The van der Waals surface area contributed by atoms with E-state index < -0.39 is 0 Å². The first-order valence-corrected chi connectivity index (χ1v) is 10.2. The average Bonchev–Trinajstić information content (AvgIpc) is 3.06. The Morgan fingerprint density at radius 2 is 1.79 bits per heavy atom. The summed E-state index contributed by atoms with van der Waals surface area (Å²) in [4.78, 5) is 12.1. The third-order valence-corrected chi connectivity index (χ3v) is 5.36. The van der Waals surface area contributed by atoms with Crippen molar-refractivity contribution in [1.82, 2.24) is 14.8 Å². The van der Waals surface area contributed by atoms with Crippen molar-refractivity contribution in [2.24, 2.45) is 7.05 Å². The molecule has 2 aromatic carbocycles. The molecule has 0 aliphatic carbocycles. The molecular weight excluding hydrogens is 444 g/mol. The van der Waals surface area contributed by atoms with E-state index in [1.54, 1.807) is 7.11 Å². The van der Waals surface area contributed by atoms with E-state index >= 15 is 0 Å². The number of carbonyl (C=O) groups excluding carboxylic acids is 1. The van der Waals surface area contributed by atoms with Crippen molar-refractivity contribution in [2.45, 2.75) is 11.8 Å². The molecule has 1 N–H and O–H groups in total. The van der Waals surface area contributed by atoms with Crippen molar-refractivity contribution in [3.05, 3.63) is 58.8 Å². The Morgan fingerprint density at radius 1 is 1.11 bits per heavy atom. The maximum atomic E-state index is 12.1. The molecule has 0 radical (unpaired) electrons. The van der Waals surface area contributed by atoms with Gasteiger partial charge in [-0.05, 0) is 48.5 Å². The van der Waals surface area contributed by atoms with Gasteiger partial charge in [-0.3, -0.25) is 4.79 Å². The fraction of sp³-hybridized carbons (Fsp3) is 0.211. The lowest BCUT2D eigenvalue weighted by Crippen LogP contribution is -2.14. The number of anilines is 1. The van der Waals surface area contributed by atoms with Crippen molar-refractivity contribution in [3.8, 4) is 11.5 Å². The molecule has 9 heteroatoms. The molecule has 0 saturated heterocycles. The topological polar surface area (TPSA) is 78.3 Å². The van der Waals surface area contributed by atoms with Gasteiger partial charge in [0.05, 0.1) is 12.9 Å². The molecule has 0 atom stereocenters. The Hall–Kier alpha value is -2.52. The maximum absolute atomic E-state index is 12.1. The van der Waals surface area contributed by atoms with E-state index in [2.05, 4.69) is 31.4 Å². The summed E-state index contributed by atoms with van der Waals surface area (Å²) in [5.41, 5.74) is 0.750. The van der Waals surface area contributed by atoms with E-state index in [-0.39, 0.29) is 18.3 Å². The zero-order valence-electron chi connectivity index (χ0n) is 15.4. The molecule has 1 aromatic heterocycles. The number of thioether (sulfide) groups is 1.